The summed E-state index contributed by atoms with van der Waals surface area (Å²) in [4.78, 5) is 23.6. The molecule has 5 nitrogen and oxygen atoms in total. The van der Waals surface area contributed by atoms with E-state index >= 15 is 0 Å². The molecule has 0 fully saturated rings. The summed E-state index contributed by atoms with van der Waals surface area (Å²) in [5, 5.41) is 3.32. The number of amides is 1. The number of ether oxygens (including phenoxy) is 1. The maximum atomic E-state index is 11.6. The second-order valence-electron chi connectivity index (χ2n) is 4.23. The Morgan fingerprint density at radius 2 is 2.19 bits per heavy atom. The Bertz CT molecular complexity index is 497. The van der Waals surface area contributed by atoms with E-state index in [9.17, 15) is 9.59 Å². The molecule has 1 aromatic rings. The number of carbonyl (C=O) groups excluding carboxylic acids is 2. The second-order valence-corrected chi connectivity index (χ2v) is 5.68. The molecule has 0 saturated heterocycles. The SMILES string of the molecule is CCOC(=O)CCCNC(=O)CSc1ccc(Cl)cc1N. The molecule has 0 unspecified atom stereocenters. The van der Waals surface area contributed by atoms with Crippen molar-refractivity contribution in [2.45, 2.75) is 24.7 Å². The summed E-state index contributed by atoms with van der Waals surface area (Å²) >= 11 is 7.15. The number of nitrogen functional groups attached to an aromatic ring is 1. The quantitative estimate of drug-likeness (QED) is 0.331. The van der Waals surface area contributed by atoms with Gasteiger partial charge in [-0.15, -0.1) is 11.8 Å². The van der Waals surface area contributed by atoms with Gasteiger partial charge in [-0.25, -0.2) is 0 Å². The number of benzene rings is 1. The van der Waals surface area contributed by atoms with Crippen molar-refractivity contribution in [2.24, 2.45) is 0 Å². The minimum atomic E-state index is -0.241. The first kappa shape index (κ1) is 17.7. The van der Waals surface area contributed by atoms with Crippen LogP contribution in [0.3, 0.4) is 0 Å². The van der Waals surface area contributed by atoms with Gasteiger partial charge in [-0.3, -0.25) is 9.59 Å². The van der Waals surface area contributed by atoms with Gasteiger partial charge in [0.25, 0.3) is 0 Å². The molecule has 0 bridgehead atoms. The van der Waals surface area contributed by atoms with E-state index in [0.717, 1.165) is 4.90 Å². The maximum Gasteiger partial charge on any atom is 0.305 e. The molecule has 7 heteroatoms. The van der Waals surface area contributed by atoms with E-state index in [2.05, 4.69) is 5.32 Å². The fourth-order valence-corrected chi connectivity index (χ4v) is 2.50. The summed E-state index contributed by atoms with van der Waals surface area (Å²) in [7, 11) is 0. The Morgan fingerprint density at radius 1 is 1.43 bits per heavy atom. The molecular formula is C14H19ClN2O3S. The van der Waals surface area contributed by atoms with Crippen molar-refractivity contribution in [1.29, 1.82) is 0 Å². The first-order chi connectivity index (χ1) is 10.0. The van der Waals surface area contributed by atoms with Crippen LogP contribution in [0.1, 0.15) is 19.8 Å². The Kier molecular flexibility index (Phi) is 8.00. The van der Waals surface area contributed by atoms with Crippen LogP contribution in [-0.4, -0.2) is 30.8 Å². The van der Waals surface area contributed by atoms with E-state index in [1.165, 1.54) is 11.8 Å². The molecule has 21 heavy (non-hydrogen) atoms. The van der Waals surface area contributed by atoms with Crippen LogP contribution < -0.4 is 11.1 Å². The Hall–Kier alpha value is -1.40. The maximum absolute atomic E-state index is 11.6. The van der Waals surface area contributed by atoms with Crippen LogP contribution in [0.25, 0.3) is 0 Å². The van der Waals surface area contributed by atoms with Crippen molar-refractivity contribution in [3.63, 3.8) is 0 Å². The number of thioether (sulfide) groups is 1. The summed E-state index contributed by atoms with van der Waals surface area (Å²) in [5.41, 5.74) is 6.36. The van der Waals surface area contributed by atoms with Gasteiger partial charge in [0.15, 0.2) is 0 Å². The van der Waals surface area contributed by atoms with E-state index in [4.69, 9.17) is 22.1 Å². The highest BCUT2D eigenvalue weighted by molar-refractivity contribution is 8.00. The van der Waals surface area contributed by atoms with Crippen molar-refractivity contribution in [1.82, 2.24) is 5.32 Å². The summed E-state index contributed by atoms with van der Waals surface area (Å²) in [6.45, 7) is 2.60. The Morgan fingerprint density at radius 3 is 2.86 bits per heavy atom. The van der Waals surface area contributed by atoms with E-state index in [-0.39, 0.29) is 17.6 Å². The van der Waals surface area contributed by atoms with Crippen LogP contribution >= 0.6 is 23.4 Å². The molecule has 0 aliphatic rings. The summed E-state index contributed by atoms with van der Waals surface area (Å²) in [5.74, 6) is -0.0705. The highest BCUT2D eigenvalue weighted by Crippen LogP contribution is 2.27. The van der Waals surface area contributed by atoms with Gasteiger partial charge in [0.1, 0.15) is 0 Å². The van der Waals surface area contributed by atoms with Crippen molar-refractivity contribution in [2.75, 3.05) is 24.6 Å². The lowest BCUT2D eigenvalue weighted by atomic mass is 10.3. The third kappa shape index (κ3) is 7.24. The van der Waals surface area contributed by atoms with E-state index < -0.39 is 0 Å². The zero-order valence-corrected chi connectivity index (χ0v) is 13.4. The number of carbonyl (C=O) groups is 2. The zero-order chi connectivity index (χ0) is 15.7. The predicted octanol–water partition coefficient (Wildman–Crippen LogP) is 2.47. The number of nitrogens with one attached hydrogen (secondary N) is 1. The highest BCUT2D eigenvalue weighted by Gasteiger charge is 2.06. The van der Waals surface area contributed by atoms with Crippen LogP contribution in [0.4, 0.5) is 5.69 Å². The predicted molar refractivity (Wildman–Crippen MR) is 85.5 cm³/mol. The first-order valence-electron chi connectivity index (χ1n) is 6.63. The van der Waals surface area contributed by atoms with Gasteiger partial charge < -0.3 is 15.8 Å². The third-order valence-electron chi connectivity index (χ3n) is 2.52. The number of rotatable bonds is 8. The fraction of sp³-hybridized carbons (Fsp3) is 0.429. The molecule has 0 aliphatic carbocycles. The molecule has 0 aliphatic heterocycles. The zero-order valence-electron chi connectivity index (χ0n) is 11.9. The lowest BCUT2D eigenvalue weighted by molar-refractivity contribution is -0.143. The molecule has 1 aromatic carbocycles. The molecule has 116 valence electrons. The monoisotopic (exact) mass is 330 g/mol. The van der Waals surface area contributed by atoms with Crippen molar-refractivity contribution in [3.05, 3.63) is 23.2 Å². The molecule has 1 rings (SSSR count). The standard InChI is InChI=1S/C14H19ClN2O3S/c1-2-20-14(19)4-3-7-17-13(18)9-21-12-6-5-10(15)8-11(12)16/h5-6,8H,2-4,7,9,16H2,1H3,(H,17,18). The van der Waals surface area contributed by atoms with E-state index in [0.29, 0.717) is 36.7 Å². The molecule has 3 N–H and O–H groups in total. The lowest BCUT2D eigenvalue weighted by Crippen LogP contribution is -2.26. The average Bonchev–Trinajstić information content (AvgIpc) is 2.43. The van der Waals surface area contributed by atoms with E-state index in [1.54, 1.807) is 25.1 Å². The molecule has 0 radical (unpaired) electrons. The molecule has 0 aromatic heterocycles. The Balaban J connectivity index is 2.21. The normalized spacial score (nSPS) is 10.2. The van der Waals surface area contributed by atoms with Gasteiger partial charge in [0, 0.05) is 28.6 Å². The van der Waals surface area contributed by atoms with Gasteiger partial charge in [-0.1, -0.05) is 11.6 Å². The van der Waals surface area contributed by atoms with Gasteiger partial charge in [-0.05, 0) is 31.5 Å². The van der Waals surface area contributed by atoms with Crippen molar-refractivity contribution < 1.29 is 14.3 Å². The molecule has 0 saturated carbocycles. The third-order valence-corrected chi connectivity index (χ3v) is 3.84. The van der Waals surface area contributed by atoms with Crippen LogP contribution in [0.15, 0.2) is 23.1 Å². The summed E-state index contributed by atoms with van der Waals surface area (Å²) < 4.78 is 4.80. The Labute approximate surface area is 133 Å². The molecule has 1 amide bonds. The minimum absolute atomic E-state index is 0.0989. The van der Waals surface area contributed by atoms with Crippen molar-refractivity contribution in [3.8, 4) is 0 Å². The lowest BCUT2D eigenvalue weighted by Gasteiger charge is -2.07. The average molecular weight is 331 g/mol. The van der Waals surface area contributed by atoms with Crippen LogP contribution in [0.2, 0.25) is 5.02 Å². The minimum Gasteiger partial charge on any atom is -0.466 e. The van der Waals surface area contributed by atoms with Crippen LogP contribution in [0, 0.1) is 0 Å². The summed E-state index contributed by atoms with van der Waals surface area (Å²) in [6.07, 6.45) is 0.879. The van der Waals surface area contributed by atoms with Gasteiger partial charge in [-0.2, -0.15) is 0 Å². The number of anilines is 1. The highest BCUT2D eigenvalue weighted by atomic mass is 35.5. The molecule has 0 spiro atoms. The fourth-order valence-electron chi connectivity index (χ4n) is 1.54. The first-order valence-corrected chi connectivity index (χ1v) is 7.99. The number of halogens is 1. The van der Waals surface area contributed by atoms with Crippen LogP contribution in [0.5, 0.6) is 0 Å². The largest absolute Gasteiger partial charge is 0.466 e. The molecular weight excluding hydrogens is 312 g/mol. The van der Waals surface area contributed by atoms with Gasteiger partial charge in [0.2, 0.25) is 5.91 Å². The number of nitrogens with two attached hydrogens (primary N) is 1. The second kappa shape index (κ2) is 9.52. The van der Waals surface area contributed by atoms with Crippen LogP contribution in [-0.2, 0) is 14.3 Å². The summed E-state index contributed by atoms with van der Waals surface area (Å²) in [6, 6.07) is 5.18. The van der Waals surface area contributed by atoms with Gasteiger partial charge >= 0.3 is 5.97 Å². The van der Waals surface area contributed by atoms with Crippen molar-refractivity contribution >= 4 is 40.9 Å². The number of esters is 1. The number of hydrogen-bond donors (Lipinski definition) is 2. The van der Waals surface area contributed by atoms with E-state index in [1.807, 2.05) is 0 Å². The molecule has 0 atom stereocenters. The number of hydrogen-bond acceptors (Lipinski definition) is 5. The smallest absolute Gasteiger partial charge is 0.305 e. The molecule has 0 heterocycles. The van der Waals surface area contributed by atoms with Gasteiger partial charge in [0.05, 0.1) is 12.4 Å². The topological polar surface area (TPSA) is 81.4 Å².